The maximum atomic E-state index is 11.6. The van der Waals surface area contributed by atoms with E-state index >= 15 is 0 Å². The van der Waals surface area contributed by atoms with Crippen LogP contribution in [-0.2, 0) is 10.3 Å². The second kappa shape index (κ2) is 3.66. The van der Waals surface area contributed by atoms with Crippen molar-refractivity contribution in [2.24, 2.45) is 16.9 Å². The lowest BCUT2D eigenvalue weighted by Crippen LogP contribution is -2.57. The van der Waals surface area contributed by atoms with Crippen molar-refractivity contribution in [1.29, 1.82) is 0 Å². The van der Waals surface area contributed by atoms with Crippen LogP contribution in [0.4, 0.5) is 0 Å². The molecule has 0 aromatic heterocycles. The van der Waals surface area contributed by atoms with Crippen molar-refractivity contribution in [1.82, 2.24) is 0 Å². The summed E-state index contributed by atoms with van der Waals surface area (Å²) >= 11 is 0. The molecule has 15 heavy (non-hydrogen) atoms. The lowest BCUT2D eigenvalue weighted by molar-refractivity contribution is -0.127. The van der Waals surface area contributed by atoms with Gasteiger partial charge in [0.1, 0.15) is 5.54 Å². The van der Waals surface area contributed by atoms with Gasteiger partial charge >= 0.3 is 0 Å². The highest BCUT2D eigenvalue weighted by Gasteiger charge is 2.45. The molecular formula is C12H18N2O. The molecule has 1 aromatic rings. The van der Waals surface area contributed by atoms with Crippen LogP contribution in [0, 0.1) is 5.41 Å². The van der Waals surface area contributed by atoms with Crippen molar-refractivity contribution in [2.75, 3.05) is 0 Å². The number of nitrogens with two attached hydrogens (primary N) is 2. The molecule has 0 heterocycles. The average molecular weight is 206 g/mol. The first-order valence-corrected chi connectivity index (χ1v) is 4.94. The Morgan fingerprint density at radius 3 is 1.93 bits per heavy atom. The fourth-order valence-corrected chi connectivity index (χ4v) is 1.65. The van der Waals surface area contributed by atoms with Crippen molar-refractivity contribution < 1.29 is 4.79 Å². The highest BCUT2D eigenvalue weighted by Crippen LogP contribution is 2.36. The standard InChI is InChI=1S/C12H18N2O/c1-11(2,3)12(14,10(13)15)9-7-5-4-6-8-9/h4-8H,14H2,1-3H3,(H2,13,15)/t12-/m1/s1. The third kappa shape index (κ3) is 1.88. The summed E-state index contributed by atoms with van der Waals surface area (Å²) in [6.07, 6.45) is 0. The summed E-state index contributed by atoms with van der Waals surface area (Å²) in [5.41, 5.74) is 10.8. The van der Waals surface area contributed by atoms with Crippen molar-refractivity contribution in [3.05, 3.63) is 35.9 Å². The molecule has 1 aromatic carbocycles. The zero-order valence-electron chi connectivity index (χ0n) is 9.45. The fraction of sp³-hybridized carbons (Fsp3) is 0.417. The van der Waals surface area contributed by atoms with E-state index in [1.807, 2.05) is 51.1 Å². The minimum atomic E-state index is -1.13. The molecular weight excluding hydrogens is 188 g/mol. The van der Waals surface area contributed by atoms with E-state index in [9.17, 15) is 4.79 Å². The third-order valence-electron chi connectivity index (χ3n) is 2.80. The predicted molar refractivity (Wildman–Crippen MR) is 61.0 cm³/mol. The van der Waals surface area contributed by atoms with Crippen LogP contribution < -0.4 is 11.5 Å². The Hall–Kier alpha value is -1.35. The van der Waals surface area contributed by atoms with E-state index < -0.39 is 16.9 Å². The first kappa shape index (κ1) is 11.7. The Balaban J connectivity index is 3.32. The van der Waals surface area contributed by atoms with Crippen LogP contribution in [-0.4, -0.2) is 5.91 Å². The number of hydrogen-bond donors (Lipinski definition) is 2. The fourth-order valence-electron chi connectivity index (χ4n) is 1.65. The number of primary amides is 1. The summed E-state index contributed by atoms with van der Waals surface area (Å²) in [5.74, 6) is -0.499. The van der Waals surface area contributed by atoms with Gasteiger partial charge < -0.3 is 11.5 Å². The van der Waals surface area contributed by atoms with E-state index in [2.05, 4.69) is 0 Å². The van der Waals surface area contributed by atoms with Crippen molar-refractivity contribution in [3.63, 3.8) is 0 Å². The largest absolute Gasteiger partial charge is 0.368 e. The van der Waals surface area contributed by atoms with Gasteiger partial charge in [0.05, 0.1) is 0 Å². The van der Waals surface area contributed by atoms with E-state index in [1.165, 1.54) is 0 Å². The molecule has 1 rings (SSSR count). The van der Waals surface area contributed by atoms with Gasteiger partial charge in [-0.1, -0.05) is 51.1 Å². The van der Waals surface area contributed by atoms with Crippen molar-refractivity contribution in [2.45, 2.75) is 26.3 Å². The van der Waals surface area contributed by atoms with Crippen LogP contribution in [0.5, 0.6) is 0 Å². The van der Waals surface area contributed by atoms with Crippen LogP contribution >= 0.6 is 0 Å². The van der Waals surface area contributed by atoms with Crippen molar-refractivity contribution >= 4 is 5.91 Å². The van der Waals surface area contributed by atoms with Crippen molar-refractivity contribution in [3.8, 4) is 0 Å². The summed E-state index contributed by atoms with van der Waals surface area (Å²) in [6, 6.07) is 9.25. The van der Waals surface area contributed by atoms with E-state index in [0.29, 0.717) is 0 Å². The quantitative estimate of drug-likeness (QED) is 0.767. The SMILES string of the molecule is CC(C)(C)[C@](N)(C(N)=O)c1ccccc1. The molecule has 0 fully saturated rings. The lowest BCUT2D eigenvalue weighted by Gasteiger charge is -2.39. The van der Waals surface area contributed by atoms with Gasteiger partial charge in [-0.05, 0) is 11.0 Å². The van der Waals surface area contributed by atoms with Gasteiger partial charge in [0.15, 0.2) is 0 Å². The van der Waals surface area contributed by atoms with E-state index in [4.69, 9.17) is 11.5 Å². The summed E-state index contributed by atoms with van der Waals surface area (Å²) in [4.78, 5) is 11.6. The van der Waals surface area contributed by atoms with E-state index in [1.54, 1.807) is 0 Å². The number of carbonyl (C=O) groups excluding carboxylic acids is 1. The number of amides is 1. The first-order valence-electron chi connectivity index (χ1n) is 4.94. The predicted octanol–water partition coefficient (Wildman–Crippen LogP) is 1.37. The normalized spacial score (nSPS) is 15.7. The molecule has 0 radical (unpaired) electrons. The van der Waals surface area contributed by atoms with Gasteiger partial charge in [-0.25, -0.2) is 0 Å². The summed E-state index contributed by atoms with van der Waals surface area (Å²) in [6.45, 7) is 5.72. The van der Waals surface area contributed by atoms with Gasteiger partial charge in [-0.15, -0.1) is 0 Å². The Kier molecular flexibility index (Phi) is 2.86. The second-order valence-electron chi connectivity index (χ2n) is 4.79. The molecule has 1 atom stereocenters. The zero-order chi connectivity index (χ0) is 11.7. The van der Waals surface area contributed by atoms with Gasteiger partial charge in [-0.2, -0.15) is 0 Å². The summed E-state index contributed by atoms with van der Waals surface area (Å²) in [5, 5.41) is 0. The number of rotatable bonds is 2. The monoisotopic (exact) mass is 206 g/mol. The van der Waals surface area contributed by atoms with Crippen LogP contribution in [0.2, 0.25) is 0 Å². The summed E-state index contributed by atoms with van der Waals surface area (Å²) < 4.78 is 0. The Morgan fingerprint density at radius 1 is 1.13 bits per heavy atom. The topological polar surface area (TPSA) is 69.1 Å². The highest BCUT2D eigenvalue weighted by molar-refractivity contribution is 5.86. The van der Waals surface area contributed by atoms with Gasteiger partial charge in [0.25, 0.3) is 0 Å². The molecule has 82 valence electrons. The molecule has 0 bridgehead atoms. The minimum absolute atomic E-state index is 0.416. The van der Waals surface area contributed by atoms with E-state index in [0.717, 1.165) is 5.56 Å². The highest BCUT2D eigenvalue weighted by atomic mass is 16.1. The maximum Gasteiger partial charge on any atom is 0.242 e. The van der Waals surface area contributed by atoms with Crippen LogP contribution in [0.25, 0.3) is 0 Å². The van der Waals surface area contributed by atoms with Crippen LogP contribution in [0.3, 0.4) is 0 Å². The molecule has 0 aliphatic heterocycles. The molecule has 0 saturated heterocycles. The molecule has 4 N–H and O–H groups in total. The Labute approximate surface area is 90.5 Å². The second-order valence-corrected chi connectivity index (χ2v) is 4.79. The minimum Gasteiger partial charge on any atom is -0.368 e. The van der Waals surface area contributed by atoms with Crippen LogP contribution in [0.1, 0.15) is 26.3 Å². The summed E-state index contributed by atoms with van der Waals surface area (Å²) in [7, 11) is 0. The molecule has 0 aliphatic carbocycles. The smallest absolute Gasteiger partial charge is 0.242 e. The molecule has 0 spiro atoms. The number of carbonyl (C=O) groups is 1. The van der Waals surface area contributed by atoms with Crippen LogP contribution in [0.15, 0.2) is 30.3 Å². The molecule has 1 amide bonds. The lowest BCUT2D eigenvalue weighted by atomic mass is 9.69. The Morgan fingerprint density at radius 2 is 1.60 bits per heavy atom. The van der Waals surface area contributed by atoms with E-state index in [-0.39, 0.29) is 0 Å². The molecule has 3 heteroatoms. The maximum absolute atomic E-state index is 11.6. The molecule has 0 saturated carbocycles. The van der Waals surface area contributed by atoms with Gasteiger partial charge in [0, 0.05) is 0 Å². The first-order chi connectivity index (χ1) is 6.80. The zero-order valence-corrected chi connectivity index (χ0v) is 9.45. The Bertz CT molecular complexity index is 354. The molecule has 0 unspecified atom stereocenters. The van der Waals surface area contributed by atoms with Gasteiger partial charge in [-0.3, -0.25) is 4.79 Å². The third-order valence-corrected chi connectivity index (χ3v) is 2.80. The molecule has 3 nitrogen and oxygen atoms in total. The number of hydrogen-bond acceptors (Lipinski definition) is 2. The van der Waals surface area contributed by atoms with Gasteiger partial charge in [0.2, 0.25) is 5.91 Å². The average Bonchev–Trinajstić information content (AvgIpc) is 2.16. The number of benzene rings is 1. The molecule has 0 aliphatic rings.